The average molecular weight is 398 g/mol. The van der Waals surface area contributed by atoms with E-state index in [2.05, 4.69) is 26.1 Å². The number of hydrogen-bond donors (Lipinski definition) is 1. The molecule has 2 unspecified atom stereocenters. The Balaban J connectivity index is 2.02. The van der Waals surface area contributed by atoms with E-state index in [1.165, 1.54) is 5.56 Å². The molecule has 1 amide bonds. The Morgan fingerprint density at radius 1 is 1.00 bits per heavy atom. The van der Waals surface area contributed by atoms with Gasteiger partial charge in [-0.2, -0.15) is 0 Å². The quantitative estimate of drug-likeness (QED) is 0.683. The molecule has 2 atom stereocenters. The van der Waals surface area contributed by atoms with Crippen molar-refractivity contribution in [2.24, 2.45) is 0 Å². The van der Waals surface area contributed by atoms with Crippen molar-refractivity contribution < 1.29 is 19.1 Å². The van der Waals surface area contributed by atoms with E-state index in [0.717, 1.165) is 5.56 Å². The number of hydrogen-bond acceptors (Lipinski definition) is 4. The van der Waals surface area contributed by atoms with Crippen LogP contribution in [0.2, 0.25) is 0 Å². The summed E-state index contributed by atoms with van der Waals surface area (Å²) in [6, 6.07) is 16.5. The van der Waals surface area contributed by atoms with Crippen LogP contribution in [0.15, 0.2) is 54.6 Å². The fraction of sp³-hybridized carbons (Fsp3) is 0.417. The molecule has 0 fully saturated rings. The third kappa shape index (κ3) is 6.93. The monoisotopic (exact) mass is 397 g/mol. The van der Waals surface area contributed by atoms with Crippen LogP contribution in [0.5, 0.6) is 5.75 Å². The number of carbonyl (C=O) groups excluding carboxylic acids is 2. The molecule has 156 valence electrons. The molecule has 2 rings (SSSR count). The first-order chi connectivity index (χ1) is 13.7. The van der Waals surface area contributed by atoms with Crippen molar-refractivity contribution >= 4 is 11.9 Å². The molecule has 1 N–H and O–H groups in total. The summed E-state index contributed by atoms with van der Waals surface area (Å²) in [5, 5.41) is 2.77. The molecule has 0 aromatic heterocycles. The highest BCUT2D eigenvalue weighted by molar-refractivity contribution is 5.87. The predicted octanol–water partition coefficient (Wildman–Crippen LogP) is 4.04. The van der Waals surface area contributed by atoms with Gasteiger partial charge in [0.15, 0.2) is 6.10 Å². The first-order valence-corrected chi connectivity index (χ1v) is 9.99. The lowest BCUT2D eigenvalue weighted by Crippen LogP contribution is -2.48. The largest absolute Gasteiger partial charge is 0.481 e. The number of carbonyl (C=O) groups is 2. The zero-order chi connectivity index (χ0) is 21.4. The van der Waals surface area contributed by atoms with Crippen LogP contribution >= 0.6 is 0 Å². The van der Waals surface area contributed by atoms with Gasteiger partial charge in [-0.3, -0.25) is 4.79 Å². The fourth-order valence-electron chi connectivity index (χ4n) is 2.87. The van der Waals surface area contributed by atoms with Gasteiger partial charge in [-0.15, -0.1) is 0 Å². The van der Waals surface area contributed by atoms with Gasteiger partial charge in [0.1, 0.15) is 11.8 Å². The Morgan fingerprint density at radius 3 is 2.17 bits per heavy atom. The van der Waals surface area contributed by atoms with Crippen LogP contribution < -0.4 is 10.1 Å². The van der Waals surface area contributed by atoms with Crippen LogP contribution in [0.25, 0.3) is 0 Å². The van der Waals surface area contributed by atoms with Crippen LogP contribution in [0.4, 0.5) is 0 Å². The predicted molar refractivity (Wildman–Crippen MR) is 114 cm³/mol. The fourth-order valence-corrected chi connectivity index (χ4v) is 2.87. The van der Waals surface area contributed by atoms with Crippen LogP contribution in [-0.4, -0.2) is 30.6 Å². The van der Waals surface area contributed by atoms with Gasteiger partial charge in [0.25, 0.3) is 5.91 Å². The molecule has 29 heavy (non-hydrogen) atoms. The summed E-state index contributed by atoms with van der Waals surface area (Å²) < 4.78 is 10.9. The highest BCUT2D eigenvalue weighted by atomic mass is 16.5. The lowest BCUT2D eigenvalue weighted by Gasteiger charge is -2.22. The molecule has 0 saturated heterocycles. The summed E-state index contributed by atoms with van der Waals surface area (Å²) in [5.41, 5.74) is 2.18. The normalized spacial score (nSPS) is 13.3. The van der Waals surface area contributed by atoms with Crippen molar-refractivity contribution in [1.82, 2.24) is 5.32 Å². The van der Waals surface area contributed by atoms with Crippen molar-refractivity contribution in [1.29, 1.82) is 0 Å². The molecule has 0 bridgehead atoms. The molecule has 0 aliphatic heterocycles. The maximum Gasteiger partial charge on any atom is 0.328 e. The van der Waals surface area contributed by atoms with Gasteiger partial charge in [-0.25, -0.2) is 4.79 Å². The summed E-state index contributed by atoms with van der Waals surface area (Å²) in [5.74, 6) is -0.207. The number of nitrogens with one attached hydrogen (secondary N) is 1. The van der Waals surface area contributed by atoms with E-state index in [0.29, 0.717) is 12.2 Å². The molecular formula is C24H31NO4. The summed E-state index contributed by atoms with van der Waals surface area (Å²) in [7, 11) is 0. The maximum absolute atomic E-state index is 12.6. The number of rotatable bonds is 8. The van der Waals surface area contributed by atoms with E-state index in [1.54, 1.807) is 13.8 Å². The third-order valence-corrected chi connectivity index (χ3v) is 4.57. The zero-order valence-electron chi connectivity index (χ0n) is 17.9. The molecule has 2 aromatic carbocycles. The molecule has 0 heterocycles. The maximum atomic E-state index is 12.6. The van der Waals surface area contributed by atoms with Crippen molar-refractivity contribution in [3.63, 3.8) is 0 Å². The van der Waals surface area contributed by atoms with Gasteiger partial charge >= 0.3 is 5.97 Å². The number of ether oxygens (including phenoxy) is 2. The molecule has 0 aliphatic carbocycles. The van der Waals surface area contributed by atoms with E-state index in [9.17, 15) is 9.59 Å². The van der Waals surface area contributed by atoms with Crippen LogP contribution in [0, 0.1) is 0 Å². The number of benzene rings is 2. The SMILES string of the molecule is CCOC(=O)C(Cc1ccccc1)NC(=O)C(C)Oc1ccc(C(C)(C)C)cc1. The van der Waals surface area contributed by atoms with Gasteiger partial charge in [0.2, 0.25) is 0 Å². The first kappa shape index (κ1) is 22.5. The number of amides is 1. The molecule has 2 aromatic rings. The van der Waals surface area contributed by atoms with Crippen molar-refractivity contribution in [3.05, 3.63) is 65.7 Å². The van der Waals surface area contributed by atoms with Crippen molar-refractivity contribution in [2.75, 3.05) is 6.61 Å². The second-order valence-electron chi connectivity index (χ2n) is 8.04. The highest BCUT2D eigenvalue weighted by Gasteiger charge is 2.26. The van der Waals surface area contributed by atoms with Gasteiger partial charge in [0, 0.05) is 6.42 Å². The lowest BCUT2D eigenvalue weighted by atomic mass is 9.87. The average Bonchev–Trinajstić information content (AvgIpc) is 2.68. The standard InChI is InChI=1S/C24H31NO4/c1-6-28-23(27)21(16-18-10-8-7-9-11-18)25-22(26)17(2)29-20-14-12-19(13-15-20)24(3,4)5/h7-15,17,21H,6,16H2,1-5H3,(H,25,26). The summed E-state index contributed by atoms with van der Waals surface area (Å²) in [6.07, 6.45) is -0.388. The summed E-state index contributed by atoms with van der Waals surface area (Å²) >= 11 is 0. The smallest absolute Gasteiger partial charge is 0.328 e. The van der Waals surface area contributed by atoms with E-state index in [-0.39, 0.29) is 17.9 Å². The van der Waals surface area contributed by atoms with Crippen LogP contribution in [0.1, 0.15) is 45.7 Å². The minimum Gasteiger partial charge on any atom is -0.481 e. The van der Waals surface area contributed by atoms with Gasteiger partial charge < -0.3 is 14.8 Å². The van der Waals surface area contributed by atoms with Gasteiger partial charge in [0.05, 0.1) is 6.61 Å². The molecule has 0 spiro atoms. The zero-order valence-corrected chi connectivity index (χ0v) is 17.9. The van der Waals surface area contributed by atoms with E-state index in [4.69, 9.17) is 9.47 Å². The minimum absolute atomic E-state index is 0.0474. The lowest BCUT2D eigenvalue weighted by molar-refractivity contribution is -0.148. The Kier molecular flexibility index (Phi) is 7.82. The molecular weight excluding hydrogens is 366 g/mol. The summed E-state index contributed by atoms with van der Waals surface area (Å²) in [4.78, 5) is 25.0. The first-order valence-electron chi connectivity index (χ1n) is 9.99. The molecule has 0 aliphatic rings. The van der Waals surface area contributed by atoms with Crippen molar-refractivity contribution in [3.8, 4) is 5.75 Å². The van der Waals surface area contributed by atoms with E-state index < -0.39 is 18.1 Å². The highest BCUT2D eigenvalue weighted by Crippen LogP contribution is 2.24. The third-order valence-electron chi connectivity index (χ3n) is 4.57. The Morgan fingerprint density at radius 2 is 1.62 bits per heavy atom. The Bertz CT molecular complexity index is 794. The van der Waals surface area contributed by atoms with Crippen LogP contribution in [-0.2, 0) is 26.2 Å². The molecule has 5 heteroatoms. The van der Waals surface area contributed by atoms with Crippen LogP contribution in [0.3, 0.4) is 0 Å². The minimum atomic E-state index is -0.765. The van der Waals surface area contributed by atoms with Gasteiger partial charge in [-0.05, 0) is 42.5 Å². The molecule has 0 saturated carbocycles. The van der Waals surface area contributed by atoms with E-state index in [1.807, 2.05) is 54.6 Å². The Labute approximate surface area is 173 Å². The molecule has 0 radical (unpaired) electrons. The van der Waals surface area contributed by atoms with Crippen molar-refractivity contribution in [2.45, 2.75) is 58.6 Å². The Hall–Kier alpha value is -2.82. The molecule has 5 nitrogen and oxygen atoms in total. The second kappa shape index (κ2) is 10.1. The number of esters is 1. The van der Waals surface area contributed by atoms with E-state index >= 15 is 0 Å². The second-order valence-corrected chi connectivity index (χ2v) is 8.04. The van der Waals surface area contributed by atoms with Gasteiger partial charge in [-0.1, -0.05) is 63.2 Å². The topological polar surface area (TPSA) is 64.6 Å². The summed E-state index contributed by atoms with van der Waals surface area (Å²) in [6.45, 7) is 10.1.